The highest BCUT2D eigenvalue weighted by atomic mass is 16.5. The second-order valence-corrected chi connectivity index (χ2v) is 7.75. The third kappa shape index (κ3) is 3.86. The first-order chi connectivity index (χ1) is 11.6. The zero-order valence-electron chi connectivity index (χ0n) is 15.0. The van der Waals surface area contributed by atoms with Crippen molar-refractivity contribution in [3.05, 3.63) is 0 Å². The molecule has 0 radical (unpaired) electrons. The maximum atomic E-state index is 10.8. The summed E-state index contributed by atoms with van der Waals surface area (Å²) in [6.45, 7) is 7.58. The highest BCUT2D eigenvalue weighted by Gasteiger charge is 2.47. The summed E-state index contributed by atoms with van der Waals surface area (Å²) >= 11 is 0. The van der Waals surface area contributed by atoms with E-state index in [1.54, 1.807) is 0 Å². The largest absolute Gasteiger partial charge is 0.392 e. The van der Waals surface area contributed by atoms with Gasteiger partial charge in [0.25, 0.3) is 0 Å². The third-order valence-corrected chi connectivity index (χ3v) is 6.50. The van der Waals surface area contributed by atoms with Crippen molar-refractivity contribution in [3.63, 3.8) is 0 Å². The van der Waals surface area contributed by atoms with E-state index in [9.17, 15) is 5.11 Å². The first-order valence-corrected chi connectivity index (χ1v) is 9.68. The highest BCUT2D eigenvalue weighted by Crippen LogP contribution is 2.48. The average Bonchev–Trinajstić information content (AvgIpc) is 3.18. The predicted octanol–water partition coefficient (Wildman–Crippen LogP) is 0.943. The van der Waals surface area contributed by atoms with Gasteiger partial charge in [0.1, 0.15) is 0 Å². The molecule has 3 fully saturated rings. The molecule has 1 aliphatic carbocycles. The quantitative estimate of drug-likeness (QED) is 0.513. The van der Waals surface area contributed by atoms with Crippen molar-refractivity contribution >= 4 is 5.96 Å². The van der Waals surface area contributed by atoms with Crippen molar-refractivity contribution in [2.45, 2.75) is 57.6 Å². The molecule has 6 nitrogen and oxygen atoms in total. The van der Waals surface area contributed by atoms with Crippen LogP contribution in [0.5, 0.6) is 0 Å². The van der Waals surface area contributed by atoms with Gasteiger partial charge in [-0.25, -0.2) is 0 Å². The molecular weight excluding hydrogens is 304 g/mol. The molecule has 138 valence electrons. The number of likely N-dealkylation sites (tertiary alicyclic amines) is 1. The topological polar surface area (TPSA) is 83.1 Å². The number of nitrogens with two attached hydrogens (primary N) is 1. The Balaban J connectivity index is 1.45. The summed E-state index contributed by atoms with van der Waals surface area (Å²) in [5, 5.41) is 14.0. The lowest BCUT2D eigenvalue weighted by Crippen LogP contribution is -2.43. The standard InChI is InChI=1S/C18H34N4O2/c1-2-22-9-3-4-15(22)13-21-17(19)20-12-14-5-6-18(16(14)23)7-10-24-11-8-18/h14-16,23H,2-13H2,1H3,(H3,19,20,21). The summed E-state index contributed by atoms with van der Waals surface area (Å²) in [6, 6.07) is 0.575. The molecule has 4 N–H and O–H groups in total. The number of hydrogen-bond acceptors (Lipinski definition) is 4. The Bertz CT molecular complexity index is 437. The minimum absolute atomic E-state index is 0.0755. The molecule has 1 saturated carbocycles. The molecule has 2 saturated heterocycles. The average molecular weight is 338 g/mol. The molecule has 3 rings (SSSR count). The number of guanidine groups is 1. The molecule has 1 spiro atoms. The molecule has 2 heterocycles. The Morgan fingerprint density at radius 2 is 2.12 bits per heavy atom. The Hall–Kier alpha value is -0.850. The molecule has 3 aliphatic rings. The van der Waals surface area contributed by atoms with Crippen LogP contribution in [0.25, 0.3) is 0 Å². The van der Waals surface area contributed by atoms with Gasteiger partial charge >= 0.3 is 0 Å². The van der Waals surface area contributed by atoms with Gasteiger partial charge in [0.2, 0.25) is 0 Å². The van der Waals surface area contributed by atoms with E-state index in [1.807, 2.05) is 0 Å². The lowest BCUT2D eigenvalue weighted by Gasteiger charge is -2.37. The molecule has 6 heteroatoms. The minimum atomic E-state index is -0.261. The van der Waals surface area contributed by atoms with Crippen molar-refractivity contribution in [2.24, 2.45) is 22.1 Å². The number of aliphatic hydroxyl groups excluding tert-OH is 1. The SMILES string of the molecule is CCN1CCCC1CNC(N)=NCC1CCC2(CCOCC2)C1O. The summed E-state index contributed by atoms with van der Waals surface area (Å²) in [4.78, 5) is 7.02. The van der Waals surface area contributed by atoms with Crippen molar-refractivity contribution in [3.8, 4) is 0 Å². The van der Waals surface area contributed by atoms with Crippen LogP contribution >= 0.6 is 0 Å². The van der Waals surface area contributed by atoms with Crippen molar-refractivity contribution in [1.82, 2.24) is 10.2 Å². The van der Waals surface area contributed by atoms with Crippen molar-refractivity contribution in [2.75, 3.05) is 39.4 Å². The van der Waals surface area contributed by atoms with Gasteiger partial charge in [0, 0.05) is 43.7 Å². The van der Waals surface area contributed by atoms with E-state index in [2.05, 4.69) is 22.1 Å². The van der Waals surface area contributed by atoms with Crippen molar-refractivity contribution in [1.29, 1.82) is 0 Å². The first-order valence-electron chi connectivity index (χ1n) is 9.68. The van der Waals surface area contributed by atoms with Gasteiger partial charge in [-0.1, -0.05) is 6.92 Å². The molecule has 0 aromatic rings. The van der Waals surface area contributed by atoms with Crippen LogP contribution in [0.1, 0.15) is 45.4 Å². The van der Waals surface area contributed by atoms with Gasteiger partial charge in [-0.05, 0) is 51.6 Å². The van der Waals surface area contributed by atoms with E-state index >= 15 is 0 Å². The van der Waals surface area contributed by atoms with Crippen LogP contribution in [0.3, 0.4) is 0 Å². The highest BCUT2D eigenvalue weighted by molar-refractivity contribution is 5.77. The smallest absolute Gasteiger partial charge is 0.188 e. The van der Waals surface area contributed by atoms with E-state index in [0.29, 0.717) is 18.5 Å². The first kappa shape index (κ1) is 18.0. The lowest BCUT2D eigenvalue weighted by molar-refractivity contribution is -0.0548. The second-order valence-electron chi connectivity index (χ2n) is 7.75. The molecule has 2 aliphatic heterocycles. The van der Waals surface area contributed by atoms with E-state index in [1.165, 1.54) is 19.4 Å². The summed E-state index contributed by atoms with van der Waals surface area (Å²) in [5.41, 5.74) is 6.13. The molecule has 0 aromatic carbocycles. The molecular formula is C18H34N4O2. The van der Waals surface area contributed by atoms with E-state index in [4.69, 9.17) is 10.5 Å². The minimum Gasteiger partial charge on any atom is -0.392 e. The zero-order chi connectivity index (χ0) is 17.0. The van der Waals surface area contributed by atoms with Crippen LogP contribution in [-0.4, -0.2) is 67.5 Å². The number of nitrogens with zero attached hydrogens (tertiary/aromatic N) is 2. The number of aliphatic imine (C=N–C) groups is 1. The summed E-state index contributed by atoms with van der Waals surface area (Å²) in [7, 11) is 0. The third-order valence-electron chi connectivity index (χ3n) is 6.50. The van der Waals surface area contributed by atoms with Crippen LogP contribution in [0.15, 0.2) is 4.99 Å². The van der Waals surface area contributed by atoms with Gasteiger partial charge in [0.15, 0.2) is 5.96 Å². The molecule has 3 atom stereocenters. The molecule has 24 heavy (non-hydrogen) atoms. The van der Waals surface area contributed by atoms with E-state index in [-0.39, 0.29) is 17.4 Å². The predicted molar refractivity (Wildman–Crippen MR) is 96.0 cm³/mol. The summed E-state index contributed by atoms with van der Waals surface area (Å²) in [6.07, 6.45) is 6.36. The Morgan fingerprint density at radius 1 is 1.33 bits per heavy atom. The van der Waals surface area contributed by atoms with Gasteiger partial charge in [-0.15, -0.1) is 0 Å². The number of rotatable bonds is 5. The Labute approximate surface area is 145 Å². The number of hydrogen-bond donors (Lipinski definition) is 3. The molecule has 0 bridgehead atoms. The normalized spacial score (nSPS) is 34.1. The van der Waals surface area contributed by atoms with Crippen molar-refractivity contribution < 1.29 is 9.84 Å². The van der Waals surface area contributed by atoms with Gasteiger partial charge in [-0.3, -0.25) is 9.89 Å². The Morgan fingerprint density at radius 3 is 2.88 bits per heavy atom. The lowest BCUT2D eigenvalue weighted by atomic mass is 9.76. The molecule has 0 amide bonds. The molecule has 0 aromatic heterocycles. The Kier molecular flexibility index (Phi) is 6.00. The maximum Gasteiger partial charge on any atom is 0.188 e. The van der Waals surface area contributed by atoms with Crippen LogP contribution < -0.4 is 11.1 Å². The van der Waals surface area contributed by atoms with Gasteiger partial charge in [0.05, 0.1) is 6.10 Å². The number of nitrogens with one attached hydrogen (secondary N) is 1. The summed E-state index contributed by atoms with van der Waals surface area (Å²) < 4.78 is 5.46. The van der Waals surface area contributed by atoms with Gasteiger partial charge < -0.3 is 20.9 Å². The van der Waals surface area contributed by atoms with Crippen LogP contribution in [0, 0.1) is 11.3 Å². The monoisotopic (exact) mass is 338 g/mol. The fraction of sp³-hybridized carbons (Fsp3) is 0.944. The molecule has 3 unspecified atom stereocenters. The fourth-order valence-electron chi connectivity index (χ4n) is 4.83. The van der Waals surface area contributed by atoms with Crippen LogP contribution in [-0.2, 0) is 4.74 Å². The fourth-order valence-corrected chi connectivity index (χ4v) is 4.83. The maximum absolute atomic E-state index is 10.8. The second kappa shape index (κ2) is 8.02. The number of likely N-dealkylation sites (N-methyl/N-ethyl adjacent to an activating group) is 1. The van der Waals surface area contributed by atoms with E-state index < -0.39 is 0 Å². The number of ether oxygens (including phenoxy) is 1. The zero-order valence-corrected chi connectivity index (χ0v) is 15.0. The number of aliphatic hydroxyl groups is 1. The van der Waals surface area contributed by atoms with E-state index in [0.717, 1.165) is 52.0 Å². The van der Waals surface area contributed by atoms with Gasteiger partial charge in [-0.2, -0.15) is 0 Å². The van der Waals surface area contributed by atoms with Crippen LogP contribution in [0.4, 0.5) is 0 Å². The van der Waals surface area contributed by atoms with Crippen LogP contribution in [0.2, 0.25) is 0 Å². The summed E-state index contributed by atoms with van der Waals surface area (Å²) in [5.74, 6) is 0.764.